The Balaban J connectivity index is 1.28. The second kappa shape index (κ2) is 10.8. The molecule has 0 aliphatic heterocycles. The van der Waals surface area contributed by atoms with Gasteiger partial charge in [-0.3, -0.25) is 9.59 Å². The summed E-state index contributed by atoms with van der Waals surface area (Å²) in [5, 5.41) is 21.8. The first-order chi connectivity index (χ1) is 20.9. The molecule has 44 heavy (non-hydrogen) atoms. The summed E-state index contributed by atoms with van der Waals surface area (Å²) in [5.74, 6) is -2.25. The number of hydrogen-bond donors (Lipinski definition) is 2. The standard InChI is InChI=1S/C36H39FO7/c1-22-17-29-27-14-16-35(31(41)20-38,34(27,3)19-30(40)36(29,37)33(2)15-13-25(39)18-28(22)33)44-32(42)24-9-11-26(12-10-24)43-21-23-7-5-4-6-8-23/h4-13,15,18,22,27,29-30,38,40H,14,16-17,19-21H2,1-3H3/t22-,27-,29-,30-,33-,34-,35-,36-/m0/s1. The van der Waals surface area contributed by atoms with Crippen molar-refractivity contribution in [3.63, 3.8) is 0 Å². The number of hydrogen-bond acceptors (Lipinski definition) is 7. The second-order valence-electron chi connectivity index (χ2n) is 13.4. The van der Waals surface area contributed by atoms with Gasteiger partial charge in [-0.15, -0.1) is 0 Å². The van der Waals surface area contributed by atoms with E-state index in [0.717, 1.165) is 5.56 Å². The van der Waals surface area contributed by atoms with Crippen molar-refractivity contribution in [2.45, 2.75) is 70.4 Å². The third-order valence-electron chi connectivity index (χ3n) is 11.3. The fraction of sp³-hybridized carbons (Fsp3) is 0.472. The first-order valence-electron chi connectivity index (χ1n) is 15.4. The minimum atomic E-state index is -2.09. The fourth-order valence-corrected chi connectivity index (χ4v) is 9.04. The van der Waals surface area contributed by atoms with Gasteiger partial charge in [0.1, 0.15) is 19.0 Å². The van der Waals surface area contributed by atoms with Crippen molar-refractivity contribution in [2.75, 3.05) is 6.61 Å². The normalized spacial score (nSPS) is 37.3. The highest BCUT2D eigenvalue weighted by atomic mass is 19.1. The number of carbonyl (C=O) groups excluding carboxylic acids is 3. The van der Waals surface area contributed by atoms with Crippen LogP contribution in [0.2, 0.25) is 0 Å². The number of Topliss-reactive ketones (excluding diaryl/α,β-unsaturated/α-hetero) is 1. The summed E-state index contributed by atoms with van der Waals surface area (Å²) in [6, 6.07) is 16.1. The molecule has 4 aliphatic carbocycles. The van der Waals surface area contributed by atoms with Crippen molar-refractivity contribution < 1.29 is 38.5 Å². The van der Waals surface area contributed by atoms with Crippen molar-refractivity contribution in [1.29, 1.82) is 0 Å². The van der Waals surface area contributed by atoms with Crippen LogP contribution in [0.5, 0.6) is 5.75 Å². The van der Waals surface area contributed by atoms with Gasteiger partial charge < -0.3 is 19.7 Å². The number of ether oxygens (including phenoxy) is 2. The number of carbonyl (C=O) groups is 3. The van der Waals surface area contributed by atoms with E-state index in [2.05, 4.69) is 0 Å². The summed E-state index contributed by atoms with van der Waals surface area (Å²) in [6.07, 6.45) is 3.68. The van der Waals surface area contributed by atoms with Gasteiger partial charge >= 0.3 is 5.97 Å². The molecule has 0 bridgehead atoms. The van der Waals surface area contributed by atoms with Crippen molar-refractivity contribution >= 4 is 17.5 Å². The van der Waals surface area contributed by atoms with Crippen molar-refractivity contribution in [3.05, 3.63) is 89.5 Å². The topological polar surface area (TPSA) is 110 Å². The molecule has 3 saturated carbocycles. The lowest BCUT2D eigenvalue weighted by Crippen LogP contribution is -2.70. The van der Waals surface area contributed by atoms with Gasteiger partial charge in [0.15, 0.2) is 17.1 Å². The van der Waals surface area contributed by atoms with Gasteiger partial charge in [0.05, 0.1) is 11.7 Å². The van der Waals surface area contributed by atoms with Gasteiger partial charge in [-0.05, 0) is 86.4 Å². The van der Waals surface area contributed by atoms with E-state index in [1.165, 1.54) is 12.2 Å². The van der Waals surface area contributed by atoms with E-state index in [9.17, 15) is 24.6 Å². The molecule has 0 radical (unpaired) electrons. The van der Waals surface area contributed by atoms with E-state index in [1.807, 2.05) is 37.3 Å². The lowest BCUT2D eigenvalue weighted by atomic mass is 9.43. The molecule has 0 heterocycles. The Bertz CT molecular complexity index is 1530. The number of fused-ring (bicyclic) bond motifs is 5. The fourth-order valence-electron chi connectivity index (χ4n) is 9.04. The molecule has 0 unspecified atom stereocenters. The van der Waals surface area contributed by atoms with Crippen LogP contribution >= 0.6 is 0 Å². The minimum Gasteiger partial charge on any atom is -0.489 e. The van der Waals surface area contributed by atoms with Gasteiger partial charge in [-0.25, -0.2) is 9.18 Å². The maximum atomic E-state index is 17.6. The smallest absolute Gasteiger partial charge is 0.339 e. The lowest BCUT2D eigenvalue weighted by Gasteiger charge is -2.63. The molecule has 0 amide bonds. The predicted molar refractivity (Wildman–Crippen MR) is 160 cm³/mol. The molecule has 2 aromatic carbocycles. The second-order valence-corrected chi connectivity index (χ2v) is 13.4. The number of esters is 1. The van der Waals surface area contributed by atoms with E-state index < -0.39 is 58.4 Å². The Morgan fingerprint density at radius 3 is 2.43 bits per heavy atom. The molecule has 6 rings (SSSR count). The highest BCUT2D eigenvalue weighted by molar-refractivity contribution is 6.01. The van der Waals surface area contributed by atoms with Gasteiger partial charge in [0.2, 0.25) is 5.78 Å². The zero-order chi connectivity index (χ0) is 31.5. The molecule has 3 fully saturated rings. The van der Waals surface area contributed by atoms with Crippen LogP contribution in [-0.2, 0) is 20.9 Å². The average molecular weight is 603 g/mol. The molecule has 4 aliphatic rings. The van der Waals surface area contributed by atoms with Crippen LogP contribution in [-0.4, -0.2) is 51.7 Å². The minimum absolute atomic E-state index is 0.110. The largest absolute Gasteiger partial charge is 0.489 e. The van der Waals surface area contributed by atoms with Crippen LogP contribution in [0.3, 0.4) is 0 Å². The molecular weight excluding hydrogens is 563 g/mol. The third kappa shape index (κ3) is 4.32. The van der Waals surface area contributed by atoms with Crippen LogP contribution in [0, 0.1) is 28.6 Å². The number of alkyl halides is 1. The summed E-state index contributed by atoms with van der Waals surface area (Å²) >= 11 is 0. The number of halogens is 1. The van der Waals surface area contributed by atoms with E-state index in [4.69, 9.17) is 9.47 Å². The molecule has 7 nitrogen and oxygen atoms in total. The predicted octanol–water partition coefficient (Wildman–Crippen LogP) is 5.34. The van der Waals surface area contributed by atoms with Gasteiger partial charge in [0.25, 0.3) is 0 Å². The highest BCUT2D eigenvalue weighted by Crippen LogP contribution is 2.71. The van der Waals surface area contributed by atoms with Crippen LogP contribution in [0.1, 0.15) is 62.4 Å². The number of rotatable bonds is 7. The van der Waals surface area contributed by atoms with Crippen LogP contribution in [0.15, 0.2) is 78.4 Å². The molecule has 2 N–H and O–H groups in total. The quantitative estimate of drug-likeness (QED) is 0.412. The van der Waals surface area contributed by atoms with Gasteiger partial charge in [-0.2, -0.15) is 0 Å². The maximum absolute atomic E-state index is 17.6. The van der Waals surface area contributed by atoms with E-state index in [-0.39, 0.29) is 30.1 Å². The van der Waals surface area contributed by atoms with Gasteiger partial charge in [0, 0.05) is 16.7 Å². The number of aliphatic hydroxyl groups excluding tert-OH is 2. The van der Waals surface area contributed by atoms with E-state index >= 15 is 4.39 Å². The van der Waals surface area contributed by atoms with Crippen molar-refractivity contribution in [3.8, 4) is 5.75 Å². The zero-order valence-electron chi connectivity index (χ0n) is 25.3. The molecule has 232 valence electrons. The first kappa shape index (κ1) is 30.4. The Morgan fingerprint density at radius 2 is 1.75 bits per heavy atom. The Kier molecular flexibility index (Phi) is 7.45. The Labute approximate surface area is 256 Å². The number of allylic oxidation sites excluding steroid dienone is 4. The Morgan fingerprint density at radius 1 is 1.05 bits per heavy atom. The average Bonchev–Trinajstić information content (AvgIpc) is 3.30. The lowest BCUT2D eigenvalue weighted by molar-refractivity contribution is -0.221. The van der Waals surface area contributed by atoms with E-state index in [1.54, 1.807) is 44.2 Å². The van der Waals surface area contributed by atoms with Crippen LogP contribution < -0.4 is 4.74 Å². The van der Waals surface area contributed by atoms with Crippen LogP contribution in [0.4, 0.5) is 4.39 Å². The molecule has 8 atom stereocenters. The number of ketones is 2. The summed E-state index contributed by atoms with van der Waals surface area (Å²) in [5.41, 5.74) is -4.29. The molecular formula is C36H39FO7. The molecule has 8 heteroatoms. The summed E-state index contributed by atoms with van der Waals surface area (Å²) in [4.78, 5) is 39.4. The van der Waals surface area contributed by atoms with E-state index in [0.29, 0.717) is 30.8 Å². The zero-order valence-corrected chi connectivity index (χ0v) is 25.3. The summed E-state index contributed by atoms with van der Waals surface area (Å²) in [7, 11) is 0. The van der Waals surface area contributed by atoms with Crippen molar-refractivity contribution in [2.24, 2.45) is 28.6 Å². The summed E-state index contributed by atoms with van der Waals surface area (Å²) < 4.78 is 29.5. The SMILES string of the molecule is C[C@H]1C[C@H]2[C@@H]3CC[C@](OC(=O)c4ccc(OCc5ccccc5)cc4)(C(=O)CO)[C@@]3(C)C[C@H](O)[C@]2(F)[C@@]2(C)C=CC(=O)C=C12. The maximum Gasteiger partial charge on any atom is 0.339 e. The molecule has 2 aromatic rings. The highest BCUT2D eigenvalue weighted by Gasteiger charge is 2.76. The Hall–Kier alpha value is -3.62. The number of aliphatic hydroxyl groups is 2. The number of benzene rings is 2. The van der Waals surface area contributed by atoms with Crippen LogP contribution in [0.25, 0.3) is 0 Å². The van der Waals surface area contributed by atoms with Gasteiger partial charge in [-0.1, -0.05) is 55.8 Å². The molecule has 0 spiro atoms. The summed E-state index contributed by atoms with van der Waals surface area (Å²) in [6.45, 7) is 5.00. The first-order valence-corrected chi connectivity index (χ1v) is 15.4. The van der Waals surface area contributed by atoms with Crippen molar-refractivity contribution in [1.82, 2.24) is 0 Å². The monoisotopic (exact) mass is 602 g/mol. The molecule has 0 aromatic heterocycles. The third-order valence-corrected chi connectivity index (χ3v) is 11.3. The molecule has 0 saturated heterocycles.